The van der Waals surface area contributed by atoms with Gasteiger partial charge in [0.15, 0.2) is 0 Å². The van der Waals surface area contributed by atoms with Crippen molar-refractivity contribution in [2.45, 2.75) is 30.9 Å². The lowest BCUT2D eigenvalue weighted by atomic mass is 9.99. The third-order valence-corrected chi connectivity index (χ3v) is 8.44. The molecule has 0 fully saturated rings. The van der Waals surface area contributed by atoms with Crippen molar-refractivity contribution in [3.8, 4) is 17.0 Å². The molecule has 0 saturated heterocycles. The summed E-state index contributed by atoms with van der Waals surface area (Å²) in [4.78, 5) is 19.2. The van der Waals surface area contributed by atoms with E-state index in [1.165, 1.54) is 42.4 Å². The summed E-state index contributed by atoms with van der Waals surface area (Å²) in [5.74, 6) is -1.90. The van der Waals surface area contributed by atoms with E-state index < -0.39 is 39.7 Å². The molecular formula is C27H29F2N3O5S. The van der Waals surface area contributed by atoms with Crippen molar-refractivity contribution in [1.29, 1.82) is 0 Å². The number of aromatic nitrogens is 1. The highest BCUT2D eigenvalue weighted by molar-refractivity contribution is 7.89. The minimum absolute atomic E-state index is 0.00148. The standard InChI is InChI=1S/C27H29F2N3O5S/c1-17-14-32(18(2)16-33)27(34)24-11-20(19-6-4-7-21(28)10-19)13-30-26(24)37-25(17)15-31(3)38(35,36)23-9-5-8-22(29)12-23/h4-13,17-18,25,33H,14-16H2,1-3H3/t17-,18+,25-/m0/s1. The number of carbonyl (C=O) groups is 1. The molecule has 8 nitrogen and oxygen atoms in total. The average molecular weight is 546 g/mol. The Hall–Kier alpha value is -3.41. The first-order chi connectivity index (χ1) is 18.0. The van der Waals surface area contributed by atoms with Gasteiger partial charge in [-0.1, -0.05) is 25.1 Å². The van der Waals surface area contributed by atoms with Gasteiger partial charge in [0, 0.05) is 31.3 Å². The fourth-order valence-corrected chi connectivity index (χ4v) is 5.52. The van der Waals surface area contributed by atoms with Crippen LogP contribution in [0.5, 0.6) is 5.88 Å². The zero-order chi connectivity index (χ0) is 27.6. The number of ether oxygens (including phenoxy) is 1. The van der Waals surface area contributed by atoms with E-state index in [0.29, 0.717) is 11.1 Å². The number of halogens is 2. The van der Waals surface area contributed by atoms with Crippen molar-refractivity contribution in [2.24, 2.45) is 5.92 Å². The lowest BCUT2D eigenvalue weighted by Gasteiger charge is -2.37. The molecule has 1 N–H and O–H groups in total. The van der Waals surface area contributed by atoms with E-state index in [9.17, 15) is 27.1 Å². The highest BCUT2D eigenvalue weighted by atomic mass is 32.2. The predicted molar refractivity (Wildman–Crippen MR) is 137 cm³/mol. The molecule has 0 spiro atoms. The number of sulfonamides is 1. The van der Waals surface area contributed by atoms with Gasteiger partial charge in [-0.25, -0.2) is 22.2 Å². The Balaban J connectivity index is 1.72. The van der Waals surface area contributed by atoms with Crippen molar-refractivity contribution in [3.05, 3.63) is 78.0 Å². The first-order valence-corrected chi connectivity index (χ1v) is 13.5. The number of aliphatic hydroxyl groups excluding tert-OH is 1. The van der Waals surface area contributed by atoms with Crippen molar-refractivity contribution < 1.29 is 31.8 Å². The number of likely N-dealkylation sites (N-methyl/N-ethyl adjacent to an activating group) is 1. The minimum atomic E-state index is -4.04. The second-order valence-electron chi connectivity index (χ2n) is 9.45. The average Bonchev–Trinajstić information content (AvgIpc) is 2.89. The quantitative estimate of drug-likeness (QED) is 0.487. The molecule has 1 aliphatic rings. The maximum absolute atomic E-state index is 13.8. The van der Waals surface area contributed by atoms with Crippen molar-refractivity contribution in [2.75, 3.05) is 26.7 Å². The van der Waals surface area contributed by atoms with Crippen LogP contribution < -0.4 is 4.74 Å². The molecule has 0 aliphatic carbocycles. The Labute approximate surface area is 220 Å². The first kappa shape index (κ1) is 27.6. The molecule has 4 rings (SSSR count). The number of benzene rings is 2. The minimum Gasteiger partial charge on any atom is -0.472 e. The Morgan fingerprint density at radius 3 is 2.47 bits per heavy atom. The Bertz CT molecular complexity index is 1440. The number of hydrogen-bond acceptors (Lipinski definition) is 6. The van der Waals surface area contributed by atoms with Crippen LogP contribution in [-0.4, -0.2) is 72.5 Å². The molecule has 1 aromatic heterocycles. The molecule has 3 aromatic rings. The van der Waals surface area contributed by atoms with Gasteiger partial charge >= 0.3 is 0 Å². The predicted octanol–water partition coefficient (Wildman–Crippen LogP) is 3.57. The van der Waals surface area contributed by atoms with Gasteiger partial charge in [-0.3, -0.25) is 4.79 Å². The smallest absolute Gasteiger partial charge is 0.259 e. The maximum Gasteiger partial charge on any atom is 0.259 e. The number of rotatable bonds is 7. The lowest BCUT2D eigenvalue weighted by Crippen LogP contribution is -2.50. The highest BCUT2D eigenvalue weighted by Crippen LogP contribution is 2.31. The summed E-state index contributed by atoms with van der Waals surface area (Å²) in [6.45, 7) is 3.28. The van der Waals surface area contributed by atoms with Gasteiger partial charge in [-0.15, -0.1) is 0 Å². The molecule has 2 aromatic carbocycles. The van der Waals surface area contributed by atoms with E-state index in [1.54, 1.807) is 25.1 Å². The number of fused-ring (bicyclic) bond motifs is 1. The fourth-order valence-electron chi connectivity index (χ4n) is 4.31. The van der Waals surface area contributed by atoms with Gasteiger partial charge in [0.25, 0.3) is 5.91 Å². The highest BCUT2D eigenvalue weighted by Gasteiger charge is 2.36. The van der Waals surface area contributed by atoms with E-state index >= 15 is 0 Å². The van der Waals surface area contributed by atoms with Crippen LogP contribution in [0, 0.1) is 17.6 Å². The maximum atomic E-state index is 13.8. The van der Waals surface area contributed by atoms with Gasteiger partial charge in [0.1, 0.15) is 23.3 Å². The molecular weight excluding hydrogens is 516 g/mol. The van der Waals surface area contributed by atoms with Gasteiger partial charge in [-0.2, -0.15) is 4.31 Å². The van der Waals surface area contributed by atoms with Crippen LogP contribution in [0.15, 0.2) is 65.7 Å². The monoisotopic (exact) mass is 545 g/mol. The van der Waals surface area contributed by atoms with Crippen LogP contribution in [0.1, 0.15) is 24.2 Å². The summed E-state index contributed by atoms with van der Waals surface area (Å²) in [6.07, 6.45) is 0.716. The molecule has 1 amide bonds. The summed E-state index contributed by atoms with van der Waals surface area (Å²) in [5.41, 5.74) is 1.12. The zero-order valence-electron chi connectivity index (χ0n) is 21.2. The van der Waals surface area contributed by atoms with Gasteiger partial charge < -0.3 is 14.7 Å². The largest absolute Gasteiger partial charge is 0.472 e. The molecule has 3 atom stereocenters. The van der Waals surface area contributed by atoms with E-state index in [2.05, 4.69) is 4.98 Å². The topological polar surface area (TPSA) is 100 Å². The van der Waals surface area contributed by atoms with Crippen molar-refractivity contribution in [1.82, 2.24) is 14.2 Å². The number of carbonyl (C=O) groups excluding carboxylic acids is 1. The Morgan fingerprint density at radius 1 is 1.13 bits per heavy atom. The molecule has 1 aliphatic heterocycles. The number of aliphatic hydroxyl groups is 1. The van der Waals surface area contributed by atoms with E-state index in [0.717, 1.165) is 16.4 Å². The normalized spacial score (nSPS) is 18.9. The summed E-state index contributed by atoms with van der Waals surface area (Å²) in [6, 6.07) is 11.6. The number of amides is 1. The van der Waals surface area contributed by atoms with Crippen LogP contribution in [0.2, 0.25) is 0 Å². The zero-order valence-corrected chi connectivity index (χ0v) is 22.0. The van der Waals surface area contributed by atoms with Gasteiger partial charge in [0.2, 0.25) is 15.9 Å². The number of hydrogen-bond donors (Lipinski definition) is 1. The summed E-state index contributed by atoms with van der Waals surface area (Å²) in [7, 11) is -2.67. The van der Waals surface area contributed by atoms with Crippen LogP contribution in [0.3, 0.4) is 0 Å². The van der Waals surface area contributed by atoms with Crippen molar-refractivity contribution >= 4 is 15.9 Å². The van der Waals surface area contributed by atoms with E-state index in [-0.39, 0.29) is 42.0 Å². The molecule has 11 heteroatoms. The van der Waals surface area contributed by atoms with Gasteiger partial charge in [0.05, 0.1) is 24.1 Å². The first-order valence-electron chi connectivity index (χ1n) is 12.1. The summed E-state index contributed by atoms with van der Waals surface area (Å²) in [5, 5.41) is 9.83. The van der Waals surface area contributed by atoms with Crippen LogP contribution in [0.4, 0.5) is 8.78 Å². The van der Waals surface area contributed by atoms with E-state index in [4.69, 9.17) is 4.74 Å². The molecule has 0 bridgehead atoms. The second kappa shape index (κ2) is 11.1. The third-order valence-electron chi connectivity index (χ3n) is 6.62. The third kappa shape index (κ3) is 5.69. The molecule has 0 saturated carbocycles. The SMILES string of the molecule is C[C@H](CO)N1C[C@H](C)[C@H](CN(C)S(=O)(=O)c2cccc(F)c2)Oc2ncc(-c3cccc(F)c3)cc2C1=O. The van der Waals surface area contributed by atoms with E-state index in [1.807, 2.05) is 6.92 Å². The molecule has 2 heterocycles. The van der Waals surface area contributed by atoms with Crippen molar-refractivity contribution in [3.63, 3.8) is 0 Å². The molecule has 0 radical (unpaired) electrons. The second-order valence-corrected chi connectivity index (χ2v) is 11.5. The summed E-state index contributed by atoms with van der Waals surface area (Å²) < 4.78 is 61.0. The number of nitrogens with zero attached hydrogens (tertiary/aromatic N) is 3. The fraction of sp³-hybridized carbons (Fsp3) is 0.333. The Kier molecular flexibility index (Phi) is 8.10. The summed E-state index contributed by atoms with van der Waals surface area (Å²) >= 11 is 0. The Morgan fingerprint density at radius 2 is 1.82 bits per heavy atom. The lowest BCUT2D eigenvalue weighted by molar-refractivity contribution is 0.0373. The number of pyridine rings is 1. The molecule has 0 unspecified atom stereocenters. The van der Waals surface area contributed by atoms with Crippen LogP contribution in [0.25, 0.3) is 11.1 Å². The molecule has 38 heavy (non-hydrogen) atoms. The van der Waals surface area contributed by atoms with Crippen LogP contribution in [-0.2, 0) is 10.0 Å². The molecule has 202 valence electrons. The van der Waals surface area contributed by atoms with Crippen LogP contribution >= 0.6 is 0 Å². The van der Waals surface area contributed by atoms with Gasteiger partial charge in [-0.05, 0) is 48.9 Å².